The molecule has 2 amide bonds. The highest BCUT2D eigenvalue weighted by molar-refractivity contribution is 6.23. The van der Waals surface area contributed by atoms with Crippen LogP contribution >= 0.6 is 0 Å². The van der Waals surface area contributed by atoms with E-state index in [9.17, 15) is 14.4 Å². The summed E-state index contributed by atoms with van der Waals surface area (Å²) in [6.45, 7) is 1.26. The maximum absolute atomic E-state index is 12.9. The van der Waals surface area contributed by atoms with E-state index in [2.05, 4.69) is 10.3 Å². The smallest absolute Gasteiger partial charge is 0.256 e. The Morgan fingerprint density at radius 2 is 1.88 bits per heavy atom. The first-order chi connectivity index (χ1) is 12.1. The Bertz CT molecular complexity index is 581. The Balaban J connectivity index is 3.10. The molecule has 0 radical (unpaired) electrons. The number of pyridine rings is 1. The van der Waals surface area contributed by atoms with Gasteiger partial charge in [-0.1, -0.05) is 6.07 Å². The molecule has 0 aliphatic rings. The molecule has 1 aromatic rings. The molecule has 1 aromatic heterocycles. The second-order valence-electron chi connectivity index (χ2n) is 4.96. The lowest BCUT2D eigenvalue weighted by Crippen LogP contribution is -2.37. The molecule has 0 bridgehead atoms. The van der Waals surface area contributed by atoms with Gasteiger partial charge in [-0.15, -0.1) is 0 Å². The highest BCUT2D eigenvalue weighted by Crippen LogP contribution is 2.15. The summed E-state index contributed by atoms with van der Waals surface area (Å²) < 4.78 is 10.1. The van der Waals surface area contributed by atoms with Gasteiger partial charge >= 0.3 is 0 Å². The van der Waals surface area contributed by atoms with Crippen LogP contribution in [0.3, 0.4) is 0 Å². The fraction of sp³-hybridized carbons (Fsp3) is 0.412. The molecule has 8 heteroatoms. The van der Waals surface area contributed by atoms with Gasteiger partial charge in [-0.3, -0.25) is 14.6 Å². The van der Waals surface area contributed by atoms with Crippen LogP contribution in [0, 0.1) is 0 Å². The van der Waals surface area contributed by atoms with Crippen LogP contribution in [0.5, 0.6) is 0 Å². The standard InChI is InChI=1S/C17H23N3O5/c1-24-11-8-20(9-12-25-2)17(23)14(13-16(22)19-7-10-21)15-5-3-4-6-18-15/h3-6,10,13H,7-9,11-12H2,1-2H3,(H,19,22). The predicted octanol–water partition coefficient (Wildman–Crippen LogP) is -0.0985. The second-order valence-corrected chi connectivity index (χ2v) is 4.96. The SMILES string of the molecule is COCCN(CCOC)C(=O)C(=CC(=O)NCC=O)c1ccccn1. The van der Waals surface area contributed by atoms with E-state index in [1.165, 1.54) is 11.1 Å². The first-order valence-electron chi connectivity index (χ1n) is 7.75. The van der Waals surface area contributed by atoms with Crippen LogP contribution in [0.4, 0.5) is 0 Å². The minimum atomic E-state index is -0.542. The summed E-state index contributed by atoms with van der Waals surface area (Å²) in [7, 11) is 3.09. The summed E-state index contributed by atoms with van der Waals surface area (Å²) in [5, 5.41) is 2.38. The molecule has 0 saturated heterocycles. The number of carbonyl (C=O) groups is 3. The summed E-state index contributed by atoms with van der Waals surface area (Å²) >= 11 is 0. The van der Waals surface area contributed by atoms with E-state index in [1.54, 1.807) is 32.4 Å². The van der Waals surface area contributed by atoms with Gasteiger partial charge in [-0.2, -0.15) is 0 Å². The van der Waals surface area contributed by atoms with Crippen LogP contribution in [0.1, 0.15) is 5.69 Å². The number of aldehydes is 1. The van der Waals surface area contributed by atoms with E-state index in [1.807, 2.05) is 0 Å². The fourth-order valence-corrected chi connectivity index (χ4v) is 1.98. The molecule has 0 spiro atoms. The molecule has 1 N–H and O–H groups in total. The van der Waals surface area contributed by atoms with Gasteiger partial charge in [0.1, 0.15) is 6.29 Å². The number of amides is 2. The topological polar surface area (TPSA) is 97.8 Å². The van der Waals surface area contributed by atoms with Crippen molar-refractivity contribution in [2.75, 3.05) is 47.1 Å². The first-order valence-corrected chi connectivity index (χ1v) is 7.75. The van der Waals surface area contributed by atoms with Gasteiger partial charge in [-0.25, -0.2) is 0 Å². The number of rotatable bonds is 11. The summed E-state index contributed by atoms with van der Waals surface area (Å²) in [6, 6.07) is 5.08. The number of nitrogens with one attached hydrogen (secondary N) is 1. The maximum atomic E-state index is 12.9. The zero-order chi connectivity index (χ0) is 18.5. The van der Waals surface area contributed by atoms with E-state index in [4.69, 9.17) is 9.47 Å². The van der Waals surface area contributed by atoms with Gasteiger partial charge in [0.15, 0.2) is 0 Å². The van der Waals surface area contributed by atoms with Gasteiger partial charge in [0.2, 0.25) is 5.91 Å². The number of carbonyl (C=O) groups excluding carboxylic acids is 3. The number of ether oxygens (including phenoxy) is 2. The molecule has 0 aliphatic carbocycles. The molecule has 136 valence electrons. The molecular weight excluding hydrogens is 326 g/mol. The molecule has 0 aromatic carbocycles. The monoisotopic (exact) mass is 349 g/mol. The molecule has 0 fully saturated rings. The van der Waals surface area contributed by atoms with Crippen molar-refractivity contribution in [1.29, 1.82) is 0 Å². The average Bonchev–Trinajstić information content (AvgIpc) is 2.64. The van der Waals surface area contributed by atoms with Crippen molar-refractivity contribution in [3.05, 3.63) is 36.2 Å². The van der Waals surface area contributed by atoms with Crippen molar-refractivity contribution in [3.63, 3.8) is 0 Å². The van der Waals surface area contributed by atoms with Gasteiger partial charge in [0, 0.05) is 39.6 Å². The quantitative estimate of drug-likeness (QED) is 0.443. The Morgan fingerprint density at radius 1 is 1.20 bits per heavy atom. The molecule has 1 rings (SSSR count). The number of aromatic nitrogens is 1. The first kappa shape index (κ1) is 20.5. The second kappa shape index (κ2) is 11.9. The summed E-state index contributed by atoms with van der Waals surface area (Å²) in [4.78, 5) is 40.9. The summed E-state index contributed by atoms with van der Waals surface area (Å²) in [6.07, 6.45) is 3.26. The zero-order valence-corrected chi connectivity index (χ0v) is 14.4. The molecule has 0 saturated carbocycles. The van der Waals surface area contributed by atoms with E-state index in [0.29, 0.717) is 38.3 Å². The average molecular weight is 349 g/mol. The Kier molecular flexibility index (Phi) is 9.72. The molecule has 0 atom stereocenters. The van der Waals surface area contributed by atoms with Crippen molar-refractivity contribution in [2.24, 2.45) is 0 Å². The van der Waals surface area contributed by atoms with E-state index >= 15 is 0 Å². The van der Waals surface area contributed by atoms with Gasteiger partial charge < -0.3 is 24.5 Å². The van der Waals surface area contributed by atoms with Crippen molar-refractivity contribution < 1.29 is 23.9 Å². The lowest BCUT2D eigenvalue weighted by Gasteiger charge is -2.23. The molecule has 0 unspecified atom stereocenters. The number of nitrogens with zero attached hydrogens (tertiary/aromatic N) is 2. The normalized spacial score (nSPS) is 11.0. The zero-order valence-electron chi connectivity index (χ0n) is 14.4. The van der Waals surface area contributed by atoms with Crippen molar-refractivity contribution in [1.82, 2.24) is 15.2 Å². The van der Waals surface area contributed by atoms with Crippen LogP contribution in [-0.4, -0.2) is 75.1 Å². The minimum absolute atomic E-state index is 0.129. The van der Waals surface area contributed by atoms with E-state index in [-0.39, 0.29) is 18.0 Å². The number of methoxy groups -OCH3 is 2. The Hall–Kier alpha value is -2.58. The van der Waals surface area contributed by atoms with E-state index < -0.39 is 5.91 Å². The van der Waals surface area contributed by atoms with Gasteiger partial charge in [0.25, 0.3) is 5.91 Å². The van der Waals surface area contributed by atoms with Crippen LogP contribution in [0.2, 0.25) is 0 Å². The lowest BCUT2D eigenvalue weighted by atomic mass is 10.1. The van der Waals surface area contributed by atoms with Crippen molar-refractivity contribution in [2.45, 2.75) is 0 Å². The molecule has 25 heavy (non-hydrogen) atoms. The summed E-state index contributed by atoms with van der Waals surface area (Å²) in [5.74, 6) is -0.909. The molecule has 8 nitrogen and oxygen atoms in total. The number of hydrogen-bond donors (Lipinski definition) is 1. The number of hydrogen-bond acceptors (Lipinski definition) is 6. The van der Waals surface area contributed by atoms with Gasteiger partial charge in [-0.05, 0) is 12.1 Å². The van der Waals surface area contributed by atoms with Crippen LogP contribution < -0.4 is 5.32 Å². The van der Waals surface area contributed by atoms with Crippen LogP contribution in [-0.2, 0) is 23.9 Å². The molecule has 0 aliphatic heterocycles. The third kappa shape index (κ3) is 7.23. The predicted molar refractivity (Wildman–Crippen MR) is 91.6 cm³/mol. The van der Waals surface area contributed by atoms with Gasteiger partial charge in [0.05, 0.1) is 31.0 Å². The molecule has 1 heterocycles. The lowest BCUT2D eigenvalue weighted by molar-refractivity contribution is -0.126. The van der Waals surface area contributed by atoms with E-state index in [0.717, 1.165) is 6.08 Å². The van der Waals surface area contributed by atoms with Crippen molar-refractivity contribution in [3.8, 4) is 0 Å². The largest absolute Gasteiger partial charge is 0.383 e. The third-order valence-corrected chi connectivity index (χ3v) is 3.22. The molecular formula is C17H23N3O5. The highest BCUT2D eigenvalue weighted by atomic mass is 16.5. The third-order valence-electron chi connectivity index (χ3n) is 3.22. The van der Waals surface area contributed by atoms with Crippen LogP contribution in [0.25, 0.3) is 5.57 Å². The fourth-order valence-electron chi connectivity index (χ4n) is 1.98. The maximum Gasteiger partial charge on any atom is 0.256 e. The van der Waals surface area contributed by atoms with Crippen molar-refractivity contribution >= 4 is 23.7 Å². The highest BCUT2D eigenvalue weighted by Gasteiger charge is 2.21. The minimum Gasteiger partial charge on any atom is -0.383 e. The van der Waals surface area contributed by atoms with Crippen LogP contribution in [0.15, 0.2) is 30.5 Å². The Labute approximate surface area is 146 Å². The Morgan fingerprint density at radius 3 is 2.40 bits per heavy atom. The summed E-state index contributed by atoms with van der Waals surface area (Å²) in [5.41, 5.74) is 0.504.